The summed E-state index contributed by atoms with van der Waals surface area (Å²) in [6.07, 6.45) is 5.26. The van der Waals surface area contributed by atoms with Crippen LogP contribution in [0.1, 0.15) is 54.2 Å². The van der Waals surface area contributed by atoms with Crippen molar-refractivity contribution in [3.63, 3.8) is 0 Å². The summed E-state index contributed by atoms with van der Waals surface area (Å²) in [5, 5.41) is 23.4. The van der Waals surface area contributed by atoms with Crippen LogP contribution >= 0.6 is 0 Å². The van der Waals surface area contributed by atoms with Crippen molar-refractivity contribution < 1.29 is 14.6 Å². The topological polar surface area (TPSA) is 106 Å². The van der Waals surface area contributed by atoms with Gasteiger partial charge in [0.2, 0.25) is 0 Å². The van der Waals surface area contributed by atoms with Crippen LogP contribution in [0.4, 0.5) is 0 Å². The molecule has 2 atom stereocenters. The molecule has 0 radical (unpaired) electrons. The lowest BCUT2D eigenvalue weighted by atomic mass is 9.78. The molecule has 1 N–H and O–H groups in total. The van der Waals surface area contributed by atoms with Gasteiger partial charge < -0.3 is 14.4 Å². The lowest BCUT2D eigenvalue weighted by Crippen LogP contribution is -2.27. The summed E-state index contributed by atoms with van der Waals surface area (Å²) in [5.74, 6) is 0.156. The van der Waals surface area contributed by atoms with E-state index in [1.807, 2.05) is 49.6 Å². The molecule has 0 aliphatic heterocycles. The molecule has 0 spiro atoms. The number of aryl methyl sites for hydroxylation is 1. The second-order valence-electron chi connectivity index (χ2n) is 9.12. The molecule has 2 heterocycles. The van der Waals surface area contributed by atoms with E-state index < -0.39 is 11.9 Å². The molecule has 1 saturated carbocycles. The molecule has 0 amide bonds. The number of aliphatic carboxylic acids is 1. The van der Waals surface area contributed by atoms with Crippen molar-refractivity contribution in [2.45, 2.75) is 44.8 Å². The van der Waals surface area contributed by atoms with Gasteiger partial charge in [0.05, 0.1) is 34.3 Å². The Morgan fingerprint density at radius 3 is 2.69 bits per heavy atom. The molecular weight excluding hydrogens is 442 g/mol. The second-order valence-corrected chi connectivity index (χ2v) is 9.12. The highest BCUT2D eigenvalue weighted by atomic mass is 16.5. The Kier molecular flexibility index (Phi) is 6.23. The van der Waals surface area contributed by atoms with Gasteiger partial charge in [-0.25, -0.2) is 4.98 Å². The van der Waals surface area contributed by atoms with Crippen LogP contribution in [0.2, 0.25) is 0 Å². The average molecular weight is 470 g/mol. The molecule has 178 valence electrons. The van der Waals surface area contributed by atoms with Crippen molar-refractivity contribution in [3.05, 3.63) is 77.4 Å². The molecule has 1 fully saturated rings. The quantitative estimate of drug-likeness (QED) is 0.423. The van der Waals surface area contributed by atoms with Crippen molar-refractivity contribution in [1.29, 1.82) is 5.26 Å². The van der Waals surface area contributed by atoms with Crippen LogP contribution in [0.25, 0.3) is 11.0 Å². The fraction of sp³-hybridized carbons (Fsp3) is 0.333. The molecule has 4 aromatic rings. The molecule has 1 unspecified atom stereocenters. The van der Waals surface area contributed by atoms with E-state index in [1.54, 1.807) is 16.8 Å². The predicted molar refractivity (Wildman–Crippen MR) is 130 cm³/mol. The number of ether oxygens (including phenoxy) is 1. The van der Waals surface area contributed by atoms with E-state index in [2.05, 4.69) is 15.7 Å². The van der Waals surface area contributed by atoms with Crippen molar-refractivity contribution in [3.8, 4) is 11.8 Å². The van der Waals surface area contributed by atoms with E-state index in [9.17, 15) is 9.90 Å². The zero-order valence-corrected chi connectivity index (χ0v) is 19.6. The largest absolute Gasteiger partial charge is 0.487 e. The lowest BCUT2D eigenvalue weighted by molar-refractivity contribution is -0.143. The van der Waals surface area contributed by atoms with Gasteiger partial charge >= 0.3 is 5.97 Å². The number of nitrogens with zero attached hydrogens (tertiary/aromatic N) is 5. The van der Waals surface area contributed by atoms with Gasteiger partial charge in [-0.1, -0.05) is 25.0 Å². The monoisotopic (exact) mass is 469 g/mol. The number of fused-ring (bicyclic) bond motifs is 1. The summed E-state index contributed by atoms with van der Waals surface area (Å²) < 4.78 is 9.88. The van der Waals surface area contributed by atoms with Gasteiger partial charge in [-0.2, -0.15) is 10.4 Å². The van der Waals surface area contributed by atoms with E-state index in [0.717, 1.165) is 47.4 Å². The highest BCUT2D eigenvalue weighted by Gasteiger charge is 2.35. The van der Waals surface area contributed by atoms with Crippen molar-refractivity contribution in [2.75, 3.05) is 0 Å². The third kappa shape index (κ3) is 4.76. The number of nitriles is 1. The van der Waals surface area contributed by atoms with Crippen LogP contribution in [-0.2, 0) is 25.0 Å². The molecule has 0 saturated heterocycles. The zero-order valence-electron chi connectivity index (χ0n) is 19.6. The second kappa shape index (κ2) is 9.63. The summed E-state index contributed by atoms with van der Waals surface area (Å²) in [6.45, 7) is 0.886. The van der Waals surface area contributed by atoms with Gasteiger partial charge in [0, 0.05) is 31.8 Å². The Morgan fingerprint density at radius 2 is 1.97 bits per heavy atom. The van der Waals surface area contributed by atoms with Crippen LogP contribution in [-0.4, -0.2) is 30.4 Å². The SMILES string of the molecule is Cn1ccc(COc2ccc3nc([C@H]4CCCCC4C(=O)O)n(Cc4ccc(C#N)cc4)c3c2)n1. The number of carbonyl (C=O) groups is 1. The van der Waals surface area contributed by atoms with Crippen LogP contribution in [0.5, 0.6) is 5.75 Å². The van der Waals surface area contributed by atoms with Crippen molar-refractivity contribution >= 4 is 17.0 Å². The van der Waals surface area contributed by atoms with Gasteiger partial charge in [0.25, 0.3) is 0 Å². The van der Waals surface area contributed by atoms with E-state index in [4.69, 9.17) is 15.0 Å². The van der Waals surface area contributed by atoms with Gasteiger partial charge in [0.15, 0.2) is 0 Å². The predicted octanol–water partition coefficient (Wildman–Crippen LogP) is 4.63. The first kappa shape index (κ1) is 22.7. The molecule has 2 aromatic carbocycles. The molecule has 8 nitrogen and oxygen atoms in total. The fourth-order valence-electron chi connectivity index (χ4n) is 4.96. The summed E-state index contributed by atoms with van der Waals surface area (Å²) in [5.41, 5.74) is 4.18. The van der Waals surface area contributed by atoms with Gasteiger partial charge in [-0.3, -0.25) is 9.48 Å². The fourth-order valence-corrected chi connectivity index (χ4v) is 4.96. The first-order chi connectivity index (χ1) is 17.0. The van der Waals surface area contributed by atoms with Gasteiger partial charge in [-0.05, 0) is 48.7 Å². The molecule has 0 bridgehead atoms. The Labute approximate surface area is 203 Å². The third-order valence-electron chi connectivity index (χ3n) is 6.74. The summed E-state index contributed by atoms with van der Waals surface area (Å²) in [6, 6.07) is 17.3. The van der Waals surface area contributed by atoms with Crippen molar-refractivity contribution in [2.24, 2.45) is 13.0 Å². The minimum atomic E-state index is -0.758. The van der Waals surface area contributed by atoms with Crippen molar-refractivity contribution in [1.82, 2.24) is 19.3 Å². The number of rotatable bonds is 7. The van der Waals surface area contributed by atoms with E-state index >= 15 is 0 Å². The number of hydrogen-bond acceptors (Lipinski definition) is 5. The normalized spacial score (nSPS) is 17.8. The maximum atomic E-state index is 12.1. The highest BCUT2D eigenvalue weighted by molar-refractivity contribution is 5.79. The third-order valence-corrected chi connectivity index (χ3v) is 6.74. The number of benzene rings is 2. The van der Waals surface area contributed by atoms with Crippen LogP contribution in [0, 0.1) is 17.2 Å². The molecule has 5 rings (SSSR count). The summed E-state index contributed by atoms with van der Waals surface area (Å²) >= 11 is 0. The average Bonchev–Trinajstić information content (AvgIpc) is 3.46. The minimum Gasteiger partial charge on any atom is -0.487 e. The standard InChI is InChI=1S/C27H27N5O3/c1-31-13-12-20(30-31)17-35-21-10-11-24-25(14-21)32(16-19-8-6-18(15-28)7-9-19)26(29-24)22-4-2-3-5-23(22)27(33)34/h6-14,22-23H,2-5,16-17H2,1H3,(H,33,34)/t22-,23?/m0/s1. The maximum Gasteiger partial charge on any atom is 0.307 e. The first-order valence-corrected chi connectivity index (χ1v) is 11.8. The number of imidazole rings is 1. The smallest absolute Gasteiger partial charge is 0.307 e. The Balaban J connectivity index is 1.54. The van der Waals surface area contributed by atoms with Crippen LogP contribution < -0.4 is 4.74 Å². The number of hydrogen-bond donors (Lipinski definition) is 1. The van der Waals surface area contributed by atoms with Gasteiger partial charge in [-0.15, -0.1) is 0 Å². The minimum absolute atomic E-state index is 0.148. The number of carboxylic acid groups (broad SMARTS) is 1. The van der Waals surface area contributed by atoms with Crippen LogP contribution in [0.3, 0.4) is 0 Å². The van der Waals surface area contributed by atoms with Gasteiger partial charge in [0.1, 0.15) is 18.2 Å². The zero-order chi connectivity index (χ0) is 24.4. The molecule has 1 aliphatic carbocycles. The Morgan fingerprint density at radius 1 is 1.17 bits per heavy atom. The Bertz CT molecular complexity index is 1400. The number of aromatic nitrogens is 4. The van der Waals surface area contributed by atoms with E-state index in [0.29, 0.717) is 30.9 Å². The lowest BCUT2D eigenvalue weighted by Gasteiger charge is -2.28. The summed E-state index contributed by atoms with van der Waals surface area (Å²) in [4.78, 5) is 17.0. The first-order valence-electron chi connectivity index (χ1n) is 11.8. The Hall–Kier alpha value is -4.12. The van der Waals surface area contributed by atoms with E-state index in [-0.39, 0.29) is 5.92 Å². The molecule has 35 heavy (non-hydrogen) atoms. The molecular formula is C27H27N5O3. The van der Waals surface area contributed by atoms with Crippen LogP contribution in [0.15, 0.2) is 54.7 Å². The summed E-state index contributed by atoms with van der Waals surface area (Å²) in [7, 11) is 1.87. The maximum absolute atomic E-state index is 12.1. The molecule has 8 heteroatoms. The number of carboxylic acids is 1. The van der Waals surface area contributed by atoms with E-state index in [1.165, 1.54) is 0 Å². The highest BCUT2D eigenvalue weighted by Crippen LogP contribution is 2.39. The molecule has 1 aliphatic rings. The molecule has 2 aromatic heterocycles.